The van der Waals surface area contributed by atoms with Crippen molar-refractivity contribution in [2.24, 2.45) is 5.10 Å². The minimum Gasteiger partial charge on any atom is -0.493 e. The third kappa shape index (κ3) is 7.15. The minimum atomic E-state index is -0.707. The number of rotatable bonds is 8. The van der Waals surface area contributed by atoms with Gasteiger partial charge in [-0.05, 0) is 54.6 Å². The van der Waals surface area contributed by atoms with Crippen LogP contribution in [0.2, 0.25) is 15.1 Å². The summed E-state index contributed by atoms with van der Waals surface area (Å²) in [7, 11) is 1.38. The molecule has 0 aliphatic carbocycles. The number of nitrogens with zero attached hydrogens (tertiary/aromatic N) is 1. The summed E-state index contributed by atoms with van der Waals surface area (Å²) in [6.07, 6.45) is 1.33. The summed E-state index contributed by atoms with van der Waals surface area (Å²) in [6, 6.07) is 19.5. The monoisotopic (exact) mass is 727 g/mol. The molecule has 0 aliphatic heterocycles. The molecule has 0 fully saturated rings. The van der Waals surface area contributed by atoms with Crippen molar-refractivity contribution in [2.45, 2.75) is 6.92 Å². The molecular formula is C32H21BrCl3N3O6. The van der Waals surface area contributed by atoms with Gasteiger partial charge in [0, 0.05) is 49.0 Å². The van der Waals surface area contributed by atoms with E-state index in [0.29, 0.717) is 47.1 Å². The molecule has 1 heterocycles. The maximum Gasteiger partial charge on any atom is 0.343 e. The number of aromatic nitrogens is 1. The van der Waals surface area contributed by atoms with E-state index in [-0.39, 0.29) is 28.5 Å². The zero-order valence-electron chi connectivity index (χ0n) is 23.4. The second-order valence-electron chi connectivity index (χ2n) is 9.40. The van der Waals surface area contributed by atoms with Crippen LogP contribution in [0.1, 0.15) is 33.3 Å². The minimum absolute atomic E-state index is 0.145. The Kier molecular flexibility index (Phi) is 9.79. The Morgan fingerprint density at radius 2 is 1.64 bits per heavy atom. The van der Waals surface area contributed by atoms with Gasteiger partial charge in [0.15, 0.2) is 11.5 Å². The third-order valence-corrected chi connectivity index (χ3v) is 7.72. The average molecular weight is 730 g/mol. The van der Waals surface area contributed by atoms with Crippen LogP contribution in [0.4, 0.5) is 0 Å². The molecule has 5 aromatic rings. The number of aromatic amines is 1. The second kappa shape index (κ2) is 13.7. The summed E-state index contributed by atoms with van der Waals surface area (Å²) < 4.78 is 16.6. The second-order valence-corrected chi connectivity index (χ2v) is 11.6. The smallest absolute Gasteiger partial charge is 0.343 e. The molecule has 5 rings (SSSR count). The summed E-state index contributed by atoms with van der Waals surface area (Å²) >= 11 is 22.7. The number of benzene rings is 4. The number of methoxy groups -OCH3 is 1. The van der Waals surface area contributed by atoms with Gasteiger partial charge in [0.1, 0.15) is 11.4 Å². The number of amides is 1. The van der Waals surface area contributed by atoms with E-state index in [1.165, 1.54) is 38.4 Å². The van der Waals surface area contributed by atoms with Gasteiger partial charge in [-0.3, -0.25) is 9.59 Å². The Balaban J connectivity index is 1.42. The number of hydrogen-bond donors (Lipinski definition) is 2. The third-order valence-electron chi connectivity index (χ3n) is 6.38. The number of hydrogen-bond acceptors (Lipinski definition) is 7. The number of ether oxygens (including phenoxy) is 3. The first kappa shape index (κ1) is 32.1. The Morgan fingerprint density at radius 1 is 0.889 bits per heavy atom. The lowest BCUT2D eigenvalue weighted by molar-refractivity contribution is -0.132. The fraction of sp³-hybridized carbons (Fsp3) is 0.0625. The van der Waals surface area contributed by atoms with Crippen LogP contribution in [0.3, 0.4) is 0 Å². The zero-order chi connectivity index (χ0) is 32.2. The number of carbonyl (C=O) groups is 3. The quantitative estimate of drug-likeness (QED) is 0.0716. The van der Waals surface area contributed by atoms with E-state index < -0.39 is 17.8 Å². The van der Waals surface area contributed by atoms with E-state index in [4.69, 9.17) is 49.0 Å². The van der Waals surface area contributed by atoms with Crippen LogP contribution in [0.15, 0.2) is 82.4 Å². The van der Waals surface area contributed by atoms with E-state index in [9.17, 15) is 14.4 Å². The summed E-state index contributed by atoms with van der Waals surface area (Å²) in [5, 5.41) is 5.83. The van der Waals surface area contributed by atoms with Crippen molar-refractivity contribution in [3.63, 3.8) is 0 Å². The van der Waals surface area contributed by atoms with Gasteiger partial charge in [-0.15, -0.1) is 0 Å². The molecule has 0 radical (unpaired) electrons. The number of esters is 2. The summed E-state index contributed by atoms with van der Waals surface area (Å²) in [5.74, 6) is -1.33. The van der Waals surface area contributed by atoms with Crippen LogP contribution in [-0.2, 0) is 4.79 Å². The highest BCUT2D eigenvalue weighted by Crippen LogP contribution is 2.41. The normalized spacial score (nSPS) is 11.1. The molecule has 228 valence electrons. The lowest BCUT2D eigenvalue weighted by atomic mass is 10.0. The summed E-state index contributed by atoms with van der Waals surface area (Å²) in [4.78, 5) is 40.9. The van der Waals surface area contributed by atoms with Gasteiger partial charge < -0.3 is 19.2 Å². The van der Waals surface area contributed by atoms with Crippen molar-refractivity contribution < 1.29 is 28.6 Å². The van der Waals surface area contributed by atoms with E-state index in [1.807, 2.05) is 0 Å². The molecular weight excluding hydrogens is 709 g/mol. The maximum absolute atomic E-state index is 13.5. The van der Waals surface area contributed by atoms with Crippen molar-refractivity contribution in [3.05, 3.63) is 109 Å². The van der Waals surface area contributed by atoms with Gasteiger partial charge in [-0.2, -0.15) is 5.10 Å². The molecule has 1 aromatic heterocycles. The molecule has 1 amide bonds. The topological polar surface area (TPSA) is 119 Å². The first-order valence-electron chi connectivity index (χ1n) is 13.0. The lowest BCUT2D eigenvalue weighted by Gasteiger charge is -2.11. The fourth-order valence-corrected chi connectivity index (χ4v) is 5.67. The zero-order valence-corrected chi connectivity index (χ0v) is 27.3. The Labute approximate surface area is 280 Å². The molecule has 13 heteroatoms. The van der Waals surface area contributed by atoms with Crippen molar-refractivity contribution >= 4 is 85.7 Å². The van der Waals surface area contributed by atoms with Gasteiger partial charge in [-0.1, -0.05) is 68.9 Å². The molecule has 0 atom stereocenters. The van der Waals surface area contributed by atoms with E-state index >= 15 is 0 Å². The summed E-state index contributed by atoms with van der Waals surface area (Å²) in [6.45, 7) is 1.25. The summed E-state index contributed by atoms with van der Waals surface area (Å²) in [5.41, 5.74) is 4.79. The molecule has 2 N–H and O–H groups in total. The van der Waals surface area contributed by atoms with Gasteiger partial charge in [0.2, 0.25) is 0 Å². The Hall–Kier alpha value is -4.35. The first-order valence-corrected chi connectivity index (χ1v) is 15.0. The number of fused-ring (bicyclic) bond motifs is 1. The van der Waals surface area contributed by atoms with Gasteiger partial charge >= 0.3 is 11.9 Å². The van der Waals surface area contributed by atoms with Crippen LogP contribution >= 0.6 is 50.7 Å². The molecule has 45 heavy (non-hydrogen) atoms. The van der Waals surface area contributed by atoms with Crippen molar-refractivity contribution in [1.82, 2.24) is 10.4 Å². The molecule has 0 saturated carbocycles. The molecule has 9 nitrogen and oxygen atoms in total. The molecule has 0 aliphatic rings. The van der Waals surface area contributed by atoms with Crippen molar-refractivity contribution in [2.75, 3.05) is 7.11 Å². The molecule has 0 unspecified atom stereocenters. The van der Waals surface area contributed by atoms with Gasteiger partial charge in [0.05, 0.1) is 23.9 Å². The number of H-pyrrole nitrogens is 1. The van der Waals surface area contributed by atoms with Gasteiger partial charge in [-0.25, -0.2) is 10.2 Å². The molecule has 0 spiro atoms. The Bertz CT molecular complexity index is 2010. The van der Waals surface area contributed by atoms with Crippen LogP contribution in [0.25, 0.3) is 22.0 Å². The maximum atomic E-state index is 13.5. The largest absolute Gasteiger partial charge is 0.493 e. The first-order chi connectivity index (χ1) is 21.5. The van der Waals surface area contributed by atoms with E-state index in [1.54, 1.807) is 54.6 Å². The SMILES string of the molecule is COc1cc(C(=O)Oc2ccc(Br)cc2C=NNC(=O)c2[nH]c3cc(Cl)cc(Cl)c3c2-c2ccccc2Cl)ccc1OC(C)=O. The number of halogens is 4. The fourth-order valence-electron chi connectivity index (χ4n) is 4.47. The highest BCUT2D eigenvalue weighted by atomic mass is 79.9. The van der Waals surface area contributed by atoms with Gasteiger partial charge in [0.25, 0.3) is 5.91 Å². The van der Waals surface area contributed by atoms with Crippen LogP contribution in [-0.4, -0.2) is 36.2 Å². The van der Waals surface area contributed by atoms with Crippen LogP contribution < -0.4 is 19.6 Å². The number of carbonyl (C=O) groups excluding carboxylic acids is 3. The average Bonchev–Trinajstić information content (AvgIpc) is 3.38. The predicted octanol–water partition coefficient (Wildman–Crippen LogP) is 8.47. The molecule has 0 saturated heterocycles. The highest BCUT2D eigenvalue weighted by Gasteiger charge is 2.23. The molecule has 0 bridgehead atoms. The van der Waals surface area contributed by atoms with Crippen molar-refractivity contribution in [3.8, 4) is 28.4 Å². The van der Waals surface area contributed by atoms with Crippen LogP contribution in [0, 0.1) is 0 Å². The van der Waals surface area contributed by atoms with E-state index in [2.05, 4.69) is 31.4 Å². The number of nitrogens with one attached hydrogen (secondary N) is 2. The van der Waals surface area contributed by atoms with E-state index in [0.717, 1.165) is 0 Å². The highest BCUT2D eigenvalue weighted by molar-refractivity contribution is 9.10. The Morgan fingerprint density at radius 3 is 2.38 bits per heavy atom. The molecule has 4 aromatic carbocycles. The van der Waals surface area contributed by atoms with Crippen LogP contribution in [0.5, 0.6) is 17.2 Å². The standard InChI is InChI=1S/C32H21BrCl3N3O6/c1-16(40)44-26-9-7-17(12-27(26)43-2)32(42)45-25-10-8-19(33)11-18(25)15-37-39-31(41)30-28(21-5-3-4-6-22(21)35)29-23(36)13-20(34)14-24(29)38-30/h3-15,38H,1-2H3,(H,39,41). The number of hydrazone groups is 1. The predicted molar refractivity (Wildman–Crippen MR) is 177 cm³/mol. The van der Waals surface area contributed by atoms with Crippen molar-refractivity contribution in [1.29, 1.82) is 0 Å². The lowest BCUT2D eigenvalue weighted by Crippen LogP contribution is -2.19.